The Morgan fingerprint density at radius 2 is 0.971 bits per heavy atom. The van der Waals surface area contributed by atoms with Gasteiger partial charge in [0, 0.05) is 6.42 Å². The maximum atomic E-state index is 13.7. The Morgan fingerprint density at radius 3 is 1.17 bits per heavy atom. The van der Waals surface area contributed by atoms with Crippen LogP contribution < -0.4 is 5.32 Å². The molecule has 0 aliphatic heterocycles. The number of rotatable bonds is 13. The van der Waals surface area contributed by atoms with Crippen LogP contribution in [0.1, 0.15) is 81.6 Å². The van der Waals surface area contributed by atoms with Gasteiger partial charge in [-0.25, -0.2) is 0 Å². The van der Waals surface area contributed by atoms with Crippen molar-refractivity contribution in [2.75, 3.05) is 0 Å². The Morgan fingerprint density at radius 1 is 0.686 bits per heavy atom. The van der Waals surface area contributed by atoms with Crippen molar-refractivity contribution >= 4 is 33.0 Å². The monoisotopic (exact) mass is 546 g/mol. The minimum Gasteiger partial charge on any atom is -0.415 e. The zero-order valence-corrected chi connectivity index (χ0v) is 29.4. The van der Waals surface area contributed by atoms with Gasteiger partial charge in [-0.3, -0.25) is 4.79 Å². The van der Waals surface area contributed by atoms with Crippen molar-refractivity contribution in [2.45, 2.75) is 145 Å². The van der Waals surface area contributed by atoms with E-state index in [4.69, 9.17) is 13.3 Å². The number of hydrogen-bond donors (Lipinski definition) is 1. The van der Waals surface area contributed by atoms with Gasteiger partial charge in [0.25, 0.3) is 0 Å². The molecule has 0 aromatic rings. The second kappa shape index (κ2) is 13.7. The van der Waals surface area contributed by atoms with Crippen LogP contribution in [0.2, 0.25) is 39.3 Å². The van der Waals surface area contributed by atoms with Crippen LogP contribution >= 0.6 is 0 Å². The van der Waals surface area contributed by atoms with Gasteiger partial charge in [-0.2, -0.15) is 0 Å². The van der Waals surface area contributed by atoms with Crippen molar-refractivity contribution in [3.63, 3.8) is 0 Å². The third kappa shape index (κ3) is 10.7. The average Bonchev–Trinajstić information content (AvgIpc) is 2.62. The lowest BCUT2D eigenvalue weighted by Gasteiger charge is -2.60. The smallest absolute Gasteiger partial charge is 0.220 e. The van der Waals surface area contributed by atoms with Crippen molar-refractivity contribution in [1.82, 2.24) is 5.32 Å². The number of carbonyl (C=O) groups is 1. The molecule has 1 amide bonds. The fourth-order valence-corrected chi connectivity index (χ4v) is 8.65. The molecular formula is C27H60NO4Si3. The fraction of sp³-hybridized carbons (Fsp3) is 0.926. The molecule has 0 aromatic carbocycles. The van der Waals surface area contributed by atoms with Crippen molar-refractivity contribution < 1.29 is 18.1 Å². The molecule has 0 bridgehead atoms. The van der Waals surface area contributed by atoms with Crippen LogP contribution in [0.4, 0.5) is 0 Å². The molecule has 1 radical (unpaired) electrons. The molecule has 8 heteroatoms. The normalized spacial score (nSPS) is 18.0. The largest absolute Gasteiger partial charge is 0.415 e. The third-order valence-corrected chi connectivity index (χ3v) is 8.35. The zero-order chi connectivity index (χ0) is 28.0. The molecule has 35 heavy (non-hydrogen) atoms. The summed E-state index contributed by atoms with van der Waals surface area (Å²) in [6.07, 6.45) is 1.09. The van der Waals surface area contributed by atoms with Gasteiger partial charge in [-0.05, 0) is 61.9 Å². The zero-order valence-electron chi connectivity index (χ0n) is 25.9. The Balaban J connectivity index is 7.72. The Bertz CT molecular complexity index is 564. The highest BCUT2D eigenvalue weighted by Crippen LogP contribution is 2.48. The molecule has 5 nitrogen and oxygen atoms in total. The van der Waals surface area contributed by atoms with Gasteiger partial charge < -0.3 is 18.6 Å². The molecule has 0 aliphatic rings. The second-order valence-electron chi connectivity index (χ2n) is 14.2. The summed E-state index contributed by atoms with van der Waals surface area (Å²) in [5.74, 6) is 0.0310. The molecule has 3 unspecified atom stereocenters. The summed E-state index contributed by atoms with van der Waals surface area (Å²) in [4.78, 5) is 13.7. The summed E-state index contributed by atoms with van der Waals surface area (Å²) in [6.45, 7) is 37.3. The number of hydrogen-bond acceptors (Lipinski definition) is 4. The predicted octanol–water partition coefficient (Wildman–Crippen LogP) is 6.09. The Kier molecular flexibility index (Phi) is 13.7. The van der Waals surface area contributed by atoms with Crippen LogP contribution in [0.5, 0.6) is 0 Å². The van der Waals surface area contributed by atoms with Crippen LogP contribution in [-0.2, 0) is 18.1 Å². The molecule has 0 saturated carbocycles. The molecule has 0 rings (SSSR count). The molecule has 0 aliphatic carbocycles. The standard InChI is InChI=1S/C27H60NO4Si3/c1-17-18-19-20(29)28-27(21(24(2,3)4)30-33(11)12,22(25(5,6)7)31-34(13)14)23(26(8,9)10)32-35(15)16/h21-23,33-35H,1,17-19H2,2-16H3,(H,28,29). The van der Waals surface area contributed by atoms with E-state index in [1.165, 1.54) is 0 Å². The van der Waals surface area contributed by atoms with E-state index in [0.717, 1.165) is 12.8 Å². The topological polar surface area (TPSA) is 56.8 Å². The van der Waals surface area contributed by atoms with Gasteiger partial charge in [0.1, 0.15) is 5.54 Å². The summed E-state index contributed by atoms with van der Waals surface area (Å²) < 4.78 is 21.0. The van der Waals surface area contributed by atoms with Crippen molar-refractivity contribution in [2.24, 2.45) is 16.2 Å². The van der Waals surface area contributed by atoms with E-state index in [2.05, 4.69) is 114 Å². The highest BCUT2D eigenvalue weighted by atomic mass is 28.3. The first kappa shape index (κ1) is 35.0. The van der Waals surface area contributed by atoms with Crippen molar-refractivity contribution in [3.05, 3.63) is 6.92 Å². The number of nitrogens with one attached hydrogen (secondary N) is 1. The van der Waals surface area contributed by atoms with Crippen LogP contribution in [0.25, 0.3) is 0 Å². The summed E-state index contributed by atoms with van der Waals surface area (Å²) in [5, 5.41) is 3.63. The molecule has 0 fully saturated rings. The van der Waals surface area contributed by atoms with E-state index in [1.54, 1.807) is 0 Å². The highest BCUT2D eigenvalue weighted by molar-refractivity contribution is 6.49. The van der Waals surface area contributed by atoms with E-state index in [0.29, 0.717) is 6.42 Å². The van der Waals surface area contributed by atoms with Gasteiger partial charge in [-0.15, -0.1) is 0 Å². The maximum Gasteiger partial charge on any atom is 0.220 e. The average molecular weight is 547 g/mol. The van der Waals surface area contributed by atoms with Gasteiger partial charge in [0.05, 0.1) is 18.3 Å². The van der Waals surface area contributed by atoms with Crippen molar-refractivity contribution in [1.29, 1.82) is 0 Å². The Hall–Kier alpha value is 0.000649. The van der Waals surface area contributed by atoms with Crippen LogP contribution in [-0.4, -0.2) is 56.9 Å². The SMILES string of the molecule is [CH2]CCCC(=O)NC(C(O[SiH](C)C)C(C)(C)C)(C(O[SiH](C)C)C(C)(C)C)C(O[SiH](C)C)C(C)(C)C. The predicted molar refractivity (Wildman–Crippen MR) is 160 cm³/mol. The molecule has 0 aromatic heterocycles. The number of carbonyl (C=O) groups excluding carboxylic acids is 1. The highest BCUT2D eigenvalue weighted by Gasteiger charge is 2.62. The van der Waals surface area contributed by atoms with Crippen LogP contribution in [0, 0.1) is 23.2 Å². The number of amides is 1. The van der Waals surface area contributed by atoms with Crippen LogP contribution in [0.15, 0.2) is 0 Å². The van der Waals surface area contributed by atoms with E-state index in [-0.39, 0.29) is 40.5 Å². The number of unbranched alkanes of at least 4 members (excludes halogenated alkanes) is 1. The minimum atomic E-state index is -1.51. The summed E-state index contributed by atoms with van der Waals surface area (Å²) in [6, 6.07) is 0. The van der Waals surface area contributed by atoms with E-state index >= 15 is 0 Å². The lowest BCUT2D eigenvalue weighted by molar-refractivity contribution is -0.168. The second-order valence-corrected chi connectivity index (χ2v) is 21.3. The minimum absolute atomic E-state index is 0.0310. The quantitative estimate of drug-likeness (QED) is 0.284. The molecule has 0 spiro atoms. The Labute approximate surface area is 224 Å². The first-order valence-electron chi connectivity index (χ1n) is 13.7. The summed E-state index contributed by atoms with van der Waals surface area (Å²) in [7, 11) is -4.52. The molecule has 0 saturated heterocycles. The van der Waals surface area contributed by atoms with Crippen LogP contribution in [0.3, 0.4) is 0 Å². The molecule has 3 atom stereocenters. The molecule has 209 valence electrons. The van der Waals surface area contributed by atoms with Gasteiger partial charge in [0.15, 0.2) is 27.1 Å². The molecular weight excluding hydrogens is 487 g/mol. The maximum absolute atomic E-state index is 13.7. The summed E-state index contributed by atoms with van der Waals surface area (Å²) >= 11 is 0. The third-order valence-electron chi connectivity index (χ3n) is 5.90. The lowest BCUT2D eigenvalue weighted by Crippen LogP contribution is -2.78. The fourth-order valence-electron chi connectivity index (χ4n) is 5.11. The van der Waals surface area contributed by atoms with Crippen molar-refractivity contribution in [3.8, 4) is 0 Å². The first-order valence-corrected chi connectivity index (χ1v) is 22.0. The molecule has 0 heterocycles. The van der Waals surface area contributed by atoms with Gasteiger partial charge >= 0.3 is 0 Å². The van der Waals surface area contributed by atoms with E-state index in [1.807, 2.05) is 0 Å². The molecule has 1 N–H and O–H groups in total. The lowest BCUT2D eigenvalue weighted by atomic mass is 9.60. The summed E-state index contributed by atoms with van der Waals surface area (Å²) in [5.41, 5.74) is -1.63. The van der Waals surface area contributed by atoms with E-state index in [9.17, 15) is 4.79 Å². The van der Waals surface area contributed by atoms with Gasteiger partial charge in [0.2, 0.25) is 5.91 Å². The van der Waals surface area contributed by atoms with E-state index < -0.39 is 32.7 Å². The van der Waals surface area contributed by atoms with Gasteiger partial charge in [-0.1, -0.05) is 75.7 Å². The first-order chi connectivity index (χ1) is 15.6.